The SMILES string of the molecule is Cc1cc2c(cc1Cc1cnc(C(=O)O)cn1)C(C)(C)C=CC2(C)C. The van der Waals surface area contributed by atoms with E-state index in [4.69, 9.17) is 5.11 Å². The summed E-state index contributed by atoms with van der Waals surface area (Å²) in [7, 11) is 0. The van der Waals surface area contributed by atoms with Gasteiger partial charge in [-0.05, 0) is 29.2 Å². The van der Waals surface area contributed by atoms with E-state index < -0.39 is 5.97 Å². The molecule has 0 saturated heterocycles. The van der Waals surface area contributed by atoms with Crippen molar-refractivity contribution in [2.24, 2.45) is 0 Å². The van der Waals surface area contributed by atoms with Crippen molar-refractivity contribution in [3.63, 3.8) is 0 Å². The van der Waals surface area contributed by atoms with Crippen molar-refractivity contribution in [2.45, 2.75) is 51.9 Å². The number of rotatable bonds is 3. The molecule has 0 fully saturated rings. The number of aryl methyl sites for hydroxylation is 1. The molecule has 1 aromatic heterocycles. The minimum Gasteiger partial charge on any atom is -0.476 e. The van der Waals surface area contributed by atoms with Gasteiger partial charge >= 0.3 is 5.97 Å². The Kier molecular flexibility index (Phi) is 4.02. The first-order valence-electron chi connectivity index (χ1n) is 8.49. The normalized spacial score (nSPS) is 17.2. The summed E-state index contributed by atoms with van der Waals surface area (Å²) in [6.07, 6.45) is 8.10. The summed E-state index contributed by atoms with van der Waals surface area (Å²) in [6.45, 7) is 11.1. The highest BCUT2D eigenvalue weighted by atomic mass is 16.4. The van der Waals surface area contributed by atoms with Gasteiger partial charge in [-0.3, -0.25) is 4.98 Å². The van der Waals surface area contributed by atoms with Crippen molar-refractivity contribution < 1.29 is 9.90 Å². The Morgan fingerprint density at radius 1 is 1.00 bits per heavy atom. The Balaban J connectivity index is 2.00. The zero-order valence-electron chi connectivity index (χ0n) is 15.4. The highest BCUT2D eigenvalue weighted by molar-refractivity contribution is 5.84. The summed E-state index contributed by atoms with van der Waals surface area (Å²) in [6, 6.07) is 4.57. The number of carboxylic acids is 1. The van der Waals surface area contributed by atoms with E-state index >= 15 is 0 Å². The Morgan fingerprint density at radius 2 is 1.60 bits per heavy atom. The average Bonchev–Trinajstić information content (AvgIpc) is 2.54. The zero-order chi connectivity index (χ0) is 18.4. The van der Waals surface area contributed by atoms with Gasteiger partial charge in [0.2, 0.25) is 0 Å². The molecule has 0 amide bonds. The predicted molar refractivity (Wildman–Crippen MR) is 98.2 cm³/mol. The molecule has 4 nitrogen and oxygen atoms in total. The van der Waals surface area contributed by atoms with Gasteiger partial charge in [0.05, 0.1) is 11.9 Å². The smallest absolute Gasteiger partial charge is 0.356 e. The quantitative estimate of drug-likeness (QED) is 0.853. The van der Waals surface area contributed by atoms with Crippen LogP contribution in [0.4, 0.5) is 0 Å². The Bertz CT molecular complexity index is 862. The molecule has 0 saturated carbocycles. The van der Waals surface area contributed by atoms with Crippen LogP contribution < -0.4 is 0 Å². The molecule has 2 aromatic rings. The third-order valence-corrected chi connectivity index (χ3v) is 5.08. The first-order valence-corrected chi connectivity index (χ1v) is 8.49. The number of hydrogen-bond acceptors (Lipinski definition) is 3. The second kappa shape index (κ2) is 5.80. The van der Waals surface area contributed by atoms with Crippen molar-refractivity contribution >= 4 is 5.97 Å². The van der Waals surface area contributed by atoms with E-state index in [-0.39, 0.29) is 16.5 Å². The van der Waals surface area contributed by atoms with Crippen molar-refractivity contribution in [3.8, 4) is 0 Å². The van der Waals surface area contributed by atoms with Crippen LogP contribution in [-0.4, -0.2) is 21.0 Å². The van der Waals surface area contributed by atoms with Crippen LogP contribution in [0.3, 0.4) is 0 Å². The number of carboxylic acid groups (broad SMARTS) is 1. The molecule has 0 spiro atoms. The van der Waals surface area contributed by atoms with Crippen LogP contribution >= 0.6 is 0 Å². The molecular formula is C21H24N2O2. The second-order valence-corrected chi connectivity index (χ2v) is 7.98. The minimum atomic E-state index is -1.06. The number of allylic oxidation sites excluding steroid dienone is 2. The molecule has 4 heteroatoms. The molecule has 1 N–H and O–H groups in total. The molecule has 0 aliphatic heterocycles. The average molecular weight is 336 g/mol. The van der Waals surface area contributed by atoms with Crippen LogP contribution in [0.2, 0.25) is 0 Å². The maximum atomic E-state index is 10.9. The molecule has 0 unspecified atom stereocenters. The molecular weight excluding hydrogens is 312 g/mol. The van der Waals surface area contributed by atoms with Gasteiger partial charge in [0.1, 0.15) is 0 Å². The van der Waals surface area contributed by atoms with E-state index in [0.717, 1.165) is 5.69 Å². The largest absolute Gasteiger partial charge is 0.476 e. The van der Waals surface area contributed by atoms with Crippen LogP contribution in [0.15, 0.2) is 36.7 Å². The Hall–Kier alpha value is -2.49. The standard InChI is InChI=1S/C21H24N2O2/c1-13-8-16-17(21(4,5)7-6-20(16,2)3)10-14(13)9-15-11-23-18(12-22-15)19(24)25/h6-8,10-12H,9H2,1-5H3,(H,24,25). The van der Waals surface area contributed by atoms with Crippen LogP contribution in [0.1, 0.15) is 66.1 Å². The van der Waals surface area contributed by atoms with Crippen molar-refractivity contribution in [1.82, 2.24) is 9.97 Å². The molecule has 0 atom stereocenters. The molecule has 25 heavy (non-hydrogen) atoms. The topological polar surface area (TPSA) is 63.1 Å². The lowest BCUT2D eigenvalue weighted by Crippen LogP contribution is -2.29. The second-order valence-electron chi connectivity index (χ2n) is 7.98. The number of aromatic carboxylic acids is 1. The van der Waals surface area contributed by atoms with Gasteiger partial charge < -0.3 is 5.11 Å². The molecule has 1 aromatic carbocycles. The Morgan fingerprint density at radius 3 is 2.12 bits per heavy atom. The maximum Gasteiger partial charge on any atom is 0.356 e. The third-order valence-electron chi connectivity index (χ3n) is 5.08. The number of carbonyl (C=O) groups is 1. The van der Waals surface area contributed by atoms with Gasteiger partial charge in [0, 0.05) is 23.4 Å². The van der Waals surface area contributed by atoms with E-state index in [1.165, 1.54) is 28.5 Å². The van der Waals surface area contributed by atoms with Crippen LogP contribution in [0.25, 0.3) is 0 Å². The minimum absolute atomic E-state index is 0.00779. The van der Waals surface area contributed by atoms with E-state index in [9.17, 15) is 4.79 Å². The van der Waals surface area contributed by atoms with Crippen molar-refractivity contribution in [1.29, 1.82) is 0 Å². The molecule has 1 aliphatic carbocycles. The number of nitrogens with zero attached hydrogens (tertiary/aromatic N) is 2. The predicted octanol–water partition coefficient (Wildman–Crippen LogP) is 4.20. The van der Waals surface area contributed by atoms with Crippen LogP contribution in [0, 0.1) is 6.92 Å². The zero-order valence-corrected chi connectivity index (χ0v) is 15.4. The van der Waals surface area contributed by atoms with Gasteiger partial charge in [-0.2, -0.15) is 0 Å². The highest BCUT2D eigenvalue weighted by Gasteiger charge is 2.33. The number of fused-ring (bicyclic) bond motifs is 1. The van der Waals surface area contributed by atoms with Gasteiger partial charge in [-0.1, -0.05) is 52.0 Å². The lowest BCUT2D eigenvalue weighted by atomic mass is 9.67. The first-order chi connectivity index (χ1) is 11.6. The van der Waals surface area contributed by atoms with Crippen LogP contribution in [-0.2, 0) is 17.3 Å². The lowest BCUT2D eigenvalue weighted by molar-refractivity contribution is 0.0690. The molecule has 0 bridgehead atoms. The number of benzene rings is 1. The Labute approximate surface area is 148 Å². The van der Waals surface area contributed by atoms with Gasteiger partial charge in [0.25, 0.3) is 0 Å². The summed E-state index contributed by atoms with van der Waals surface area (Å²) in [5.74, 6) is -1.06. The summed E-state index contributed by atoms with van der Waals surface area (Å²) < 4.78 is 0. The third kappa shape index (κ3) is 3.21. The van der Waals surface area contributed by atoms with E-state index in [2.05, 4.69) is 68.9 Å². The lowest BCUT2D eigenvalue weighted by Gasteiger charge is -2.37. The van der Waals surface area contributed by atoms with Crippen molar-refractivity contribution in [3.05, 3.63) is 70.3 Å². The molecule has 130 valence electrons. The number of hydrogen-bond donors (Lipinski definition) is 1. The molecule has 0 radical (unpaired) electrons. The van der Waals surface area contributed by atoms with Crippen LogP contribution in [0.5, 0.6) is 0 Å². The van der Waals surface area contributed by atoms with Gasteiger partial charge in [-0.15, -0.1) is 0 Å². The summed E-state index contributed by atoms with van der Waals surface area (Å²) >= 11 is 0. The molecule has 3 rings (SSSR count). The number of aromatic nitrogens is 2. The summed E-state index contributed by atoms with van der Waals surface area (Å²) in [4.78, 5) is 19.1. The highest BCUT2D eigenvalue weighted by Crippen LogP contribution is 2.42. The van der Waals surface area contributed by atoms with Gasteiger partial charge in [0.15, 0.2) is 5.69 Å². The monoisotopic (exact) mass is 336 g/mol. The first kappa shape index (κ1) is 17.3. The van der Waals surface area contributed by atoms with Gasteiger partial charge in [-0.25, -0.2) is 9.78 Å². The molecule has 1 heterocycles. The molecule has 1 aliphatic rings. The fourth-order valence-electron chi connectivity index (χ4n) is 3.36. The fraction of sp³-hybridized carbons (Fsp3) is 0.381. The van der Waals surface area contributed by atoms with Crippen molar-refractivity contribution in [2.75, 3.05) is 0 Å². The van der Waals surface area contributed by atoms with E-state index in [0.29, 0.717) is 6.42 Å². The van der Waals surface area contributed by atoms with E-state index in [1.54, 1.807) is 6.20 Å². The van der Waals surface area contributed by atoms with E-state index in [1.807, 2.05) is 0 Å². The fourth-order valence-corrected chi connectivity index (χ4v) is 3.36. The summed E-state index contributed by atoms with van der Waals surface area (Å²) in [5.41, 5.74) is 5.90. The maximum absolute atomic E-state index is 10.9. The summed E-state index contributed by atoms with van der Waals surface area (Å²) in [5, 5.41) is 8.94.